The highest BCUT2D eigenvalue weighted by Gasteiger charge is 2.52. The molecule has 2 aliphatic carbocycles. The summed E-state index contributed by atoms with van der Waals surface area (Å²) in [5, 5.41) is 0. The molecule has 0 aliphatic heterocycles. The fourth-order valence-corrected chi connectivity index (χ4v) is 4.95. The van der Waals surface area contributed by atoms with Crippen LogP contribution < -0.4 is 0 Å². The van der Waals surface area contributed by atoms with E-state index >= 15 is 0 Å². The van der Waals surface area contributed by atoms with Crippen molar-refractivity contribution in [3.05, 3.63) is 0 Å². The van der Waals surface area contributed by atoms with E-state index in [0.29, 0.717) is 17.1 Å². The molecule has 0 radical (unpaired) electrons. The molecule has 19 heavy (non-hydrogen) atoms. The molecule has 110 valence electrons. The number of carbonyl (C=O) groups is 1. The smallest absolute Gasteiger partial charge is 0.136 e. The van der Waals surface area contributed by atoms with E-state index in [1.165, 1.54) is 38.5 Å². The van der Waals surface area contributed by atoms with Crippen molar-refractivity contribution >= 4 is 5.78 Å². The number of carbonyl (C=O) groups excluding carboxylic acids is 1. The van der Waals surface area contributed by atoms with Crippen molar-refractivity contribution in [1.29, 1.82) is 0 Å². The average Bonchev–Trinajstić information content (AvgIpc) is 2.67. The maximum Gasteiger partial charge on any atom is 0.136 e. The molecule has 4 atom stereocenters. The summed E-state index contributed by atoms with van der Waals surface area (Å²) in [5.41, 5.74) is 0.340. The molecule has 0 amide bonds. The monoisotopic (exact) mass is 264 g/mol. The van der Waals surface area contributed by atoms with Crippen molar-refractivity contribution in [2.45, 2.75) is 79.1 Å². The van der Waals surface area contributed by atoms with Gasteiger partial charge in [-0.1, -0.05) is 47.0 Å². The van der Waals surface area contributed by atoms with E-state index in [1.54, 1.807) is 0 Å². The van der Waals surface area contributed by atoms with Gasteiger partial charge < -0.3 is 0 Å². The van der Waals surface area contributed by atoms with Crippen LogP contribution in [0.3, 0.4) is 0 Å². The minimum Gasteiger partial charge on any atom is -0.299 e. The van der Waals surface area contributed by atoms with Crippen LogP contribution in [0.2, 0.25) is 0 Å². The van der Waals surface area contributed by atoms with Crippen molar-refractivity contribution < 1.29 is 4.79 Å². The fourth-order valence-electron chi connectivity index (χ4n) is 4.95. The first kappa shape index (κ1) is 15.1. The third kappa shape index (κ3) is 3.06. The van der Waals surface area contributed by atoms with Crippen molar-refractivity contribution in [2.24, 2.45) is 29.1 Å². The van der Waals surface area contributed by atoms with E-state index in [4.69, 9.17) is 0 Å². The Balaban J connectivity index is 1.95. The number of hydrogen-bond donors (Lipinski definition) is 0. The number of hydrogen-bond acceptors (Lipinski definition) is 1. The predicted octanol–water partition coefficient (Wildman–Crippen LogP) is 5.23. The second-order valence-corrected chi connectivity index (χ2v) is 7.86. The summed E-state index contributed by atoms with van der Waals surface area (Å²) in [7, 11) is 0. The molecule has 0 N–H and O–H groups in total. The zero-order valence-electron chi connectivity index (χ0n) is 13.4. The lowest BCUT2D eigenvalue weighted by atomic mass is 9.62. The molecular formula is C18H32O. The lowest BCUT2D eigenvalue weighted by Gasteiger charge is -2.42. The van der Waals surface area contributed by atoms with Crippen LogP contribution in [0, 0.1) is 29.1 Å². The zero-order valence-corrected chi connectivity index (χ0v) is 13.4. The minimum absolute atomic E-state index is 0.340. The Morgan fingerprint density at radius 3 is 2.63 bits per heavy atom. The maximum atomic E-state index is 12.2. The Morgan fingerprint density at radius 1 is 1.21 bits per heavy atom. The van der Waals surface area contributed by atoms with Gasteiger partial charge in [0.15, 0.2) is 0 Å². The summed E-state index contributed by atoms with van der Waals surface area (Å²) in [4.78, 5) is 12.2. The third-order valence-corrected chi connectivity index (χ3v) is 6.06. The molecule has 0 heterocycles. The molecule has 0 aromatic heterocycles. The van der Waals surface area contributed by atoms with Gasteiger partial charge in [-0.05, 0) is 48.9 Å². The highest BCUT2D eigenvalue weighted by molar-refractivity contribution is 5.83. The van der Waals surface area contributed by atoms with Crippen LogP contribution in [0.5, 0.6) is 0 Å². The van der Waals surface area contributed by atoms with E-state index in [2.05, 4.69) is 27.7 Å². The SMILES string of the molecule is CC(C)CCCC(C)C1CCC2C(=O)CCC[C@@]21C. The Kier molecular flexibility index (Phi) is 4.74. The van der Waals surface area contributed by atoms with Gasteiger partial charge >= 0.3 is 0 Å². The van der Waals surface area contributed by atoms with Crippen molar-refractivity contribution in [2.75, 3.05) is 0 Å². The van der Waals surface area contributed by atoms with Crippen molar-refractivity contribution in [3.8, 4) is 0 Å². The molecule has 0 aromatic rings. The standard InChI is InChI=1S/C18H32O/c1-13(2)7-5-8-14(3)15-10-11-16-17(19)9-6-12-18(15,16)4/h13-16H,5-12H2,1-4H3/t14?,15?,16?,18-/m1/s1. The van der Waals surface area contributed by atoms with Crippen LogP contribution in [0.1, 0.15) is 79.1 Å². The molecule has 2 fully saturated rings. The van der Waals surface area contributed by atoms with Crippen LogP contribution >= 0.6 is 0 Å². The molecule has 1 heteroatoms. The summed E-state index contributed by atoms with van der Waals surface area (Å²) >= 11 is 0. The van der Waals surface area contributed by atoms with Gasteiger partial charge in [-0.3, -0.25) is 4.79 Å². The second-order valence-electron chi connectivity index (χ2n) is 7.86. The van der Waals surface area contributed by atoms with Crippen LogP contribution in [0.15, 0.2) is 0 Å². The Morgan fingerprint density at radius 2 is 1.95 bits per heavy atom. The summed E-state index contributed by atoms with van der Waals surface area (Å²) in [6.07, 6.45) is 9.85. The first-order valence-corrected chi connectivity index (χ1v) is 8.48. The van der Waals surface area contributed by atoms with Gasteiger partial charge in [-0.15, -0.1) is 0 Å². The molecule has 2 rings (SSSR count). The molecule has 2 saturated carbocycles. The van der Waals surface area contributed by atoms with Gasteiger partial charge in [0.1, 0.15) is 5.78 Å². The van der Waals surface area contributed by atoms with Gasteiger partial charge in [-0.25, -0.2) is 0 Å². The lowest BCUT2D eigenvalue weighted by Crippen LogP contribution is -2.39. The predicted molar refractivity (Wildman–Crippen MR) is 81.0 cm³/mol. The third-order valence-electron chi connectivity index (χ3n) is 6.06. The normalized spacial score (nSPS) is 36.6. The number of ketones is 1. The number of fused-ring (bicyclic) bond motifs is 1. The largest absolute Gasteiger partial charge is 0.299 e. The zero-order chi connectivity index (χ0) is 14.0. The van der Waals surface area contributed by atoms with Crippen LogP contribution in [-0.4, -0.2) is 5.78 Å². The van der Waals surface area contributed by atoms with Gasteiger partial charge in [0, 0.05) is 12.3 Å². The van der Waals surface area contributed by atoms with E-state index in [1.807, 2.05) is 0 Å². The molecule has 0 bridgehead atoms. The summed E-state index contributed by atoms with van der Waals surface area (Å²) in [6, 6.07) is 0. The molecular weight excluding hydrogens is 232 g/mol. The Labute approximate surface area is 119 Å². The van der Waals surface area contributed by atoms with Gasteiger partial charge in [-0.2, -0.15) is 0 Å². The van der Waals surface area contributed by atoms with Crippen LogP contribution in [0.25, 0.3) is 0 Å². The second kappa shape index (κ2) is 5.97. The van der Waals surface area contributed by atoms with Crippen molar-refractivity contribution in [1.82, 2.24) is 0 Å². The van der Waals surface area contributed by atoms with Crippen LogP contribution in [0.4, 0.5) is 0 Å². The highest BCUT2D eigenvalue weighted by atomic mass is 16.1. The summed E-state index contributed by atoms with van der Waals surface area (Å²) in [5.74, 6) is 3.41. The van der Waals surface area contributed by atoms with Gasteiger partial charge in [0.25, 0.3) is 0 Å². The summed E-state index contributed by atoms with van der Waals surface area (Å²) in [6.45, 7) is 9.50. The Hall–Kier alpha value is -0.330. The van der Waals surface area contributed by atoms with E-state index in [9.17, 15) is 4.79 Å². The summed E-state index contributed by atoms with van der Waals surface area (Å²) < 4.78 is 0. The maximum absolute atomic E-state index is 12.2. The quantitative estimate of drug-likeness (QED) is 0.664. The number of Topliss-reactive ketones (excluding diaryl/α,β-unsaturated/α-hetero) is 1. The molecule has 2 aliphatic rings. The van der Waals surface area contributed by atoms with E-state index in [-0.39, 0.29) is 0 Å². The molecule has 0 saturated heterocycles. The molecule has 1 nitrogen and oxygen atoms in total. The van der Waals surface area contributed by atoms with Crippen molar-refractivity contribution in [3.63, 3.8) is 0 Å². The molecule has 0 spiro atoms. The van der Waals surface area contributed by atoms with Crippen LogP contribution in [-0.2, 0) is 4.79 Å². The first-order chi connectivity index (χ1) is 8.95. The topological polar surface area (TPSA) is 17.1 Å². The highest BCUT2D eigenvalue weighted by Crippen LogP contribution is 2.57. The molecule has 3 unspecified atom stereocenters. The number of rotatable bonds is 5. The van der Waals surface area contributed by atoms with Gasteiger partial charge in [0.05, 0.1) is 0 Å². The minimum atomic E-state index is 0.340. The van der Waals surface area contributed by atoms with E-state index in [0.717, 1.165) is 30.6 Å². The fraction of sp³-hybridized carbons (Fsp3) is 0.944. The average molecular weight is 264 g/mol. The first-order valence-electron chi connectivity index (χ1n) is 8.48. The lowest BCUT2D eigenvalue weighted by molar-refractivity contribution is -0.130. The van der Waals surface area contributed by atoms with E-state index < -0.39 is 0 Å². The molecule has 0 aromatic carbocycles. The van der Waals surface area contributed by atoms with Gasteiger partial charge in [0.2, 0.25) is 0 Å². The Bertz CT molecular complexity index is 320.